The molecule has 0 radical (unpaired) electrons. The molecule has 0 amide bonds. The van der Waals surface area contributed by atoms with Crippen LogP contribution in [0.25, 0.3) is 44.2 Å². The summed E-state index contributed by atoms with van der Waals surface area (Å²) in [5, 5.41) is 5.87. The highest BCUT2D eigenvalue weighted by Gasteiger charge is 2.14. The van der Waals surface area contributed by atoms with Gasteiger partial charge in [-0.1, -0.05) is 91.0 Å². The minimum Gasteiger partial charge on any atom is -0.455 e. The molecule has 5 aromatic carbocycles. The molecule has 2 nitrogen and oxygen atoms in total. The van der Waals surface area contributed by atoms with Crippen molar-refractivity contribution in [1.29, 1.82) is 0 Å². The van der Waals surface area contributed by atoms with Crippen LogP contribution < -0.4 is 5.32 Å². The first kappa shape index (κ1) is 18.5. The van der Waals surface area contributed by atoms with Crippen LogP contribution in [0, 0.1) is 0 Å². The molecule has 0 unspecified atom stereocenters. The summed E-state index contributed by atoms with van der Waals surface area (Å²) in [6.07, 6.45) is 0. The Morgan fingerprint density at radius 2 is 1.16 bits per heavy atom. The number of benzene rings is 5. The van der Waals surface area contributed by atoms with Crippen LogP contribution in [0.2, 0.25) is 0 Å². The molecular formula is C30H21NO. The molecular weight excluding hydrogens is 390 g/mol. The number of hydrogen-bond acceptors (Lipinski definition) is 2. The number of anilines is 2. The Kier molecular flexibility index (Phi) is 4.47. The minimum absolute atomic E-state index is 0.905. The maximum atomic E-state index is 6.29. The van der Waals surface area contributed by atoms with Gasteiger partial charge < -0.3 is 9.73 Å². The van der Waals surface area contributed by atoms with Gasteiger partial charge in [-0.15, -0.1) is 0 Å². The van der Waals surface area contributed by atoms with Crippen LogP contribution in [0.3, 0.4) is 0 Å². The van der Waals surface area contributed by atoms with E-state index in [1.165, 1.54) is 11.1 Å². The highest BCUT2D eigenvalue weighted by atomic mass is 16.3. The second-order valence-electron chi connectivity index (χ2n) is 7.94. The molecule has 0 aliphatic heterocycles. The van der Waals surface area contributed by atoms with Crippen LogP contribution >= 0.6 is 0 Å². The summed E-state index contributed by atoms with van der Waals surface area (Å²) in [5.74, 6) is 0. The van der Waals surface area contributed by atoms with Crippen molar-refractivity contribution in [1.82, 2.24) is 0 Å². The zero-order valence-electron chi connectivity index (χ0n) is 17.5. The van der Waals surface area contributed by atoms with Crippen molar-refractivity contribution in [2.24, 2.45) is 0 Å². The lowest BCUT2D eigenvalue weighted by molar-refractivity contribution is 0.670. The third kappa shape index (κ3) is 3.32. The fourth-order valence-corrected chi connectivity index (χ4v) is 4.31. The van der Waals surface area contributed by atoms with E-state index in [1.54, 1.807) is 0 Å². The molecule has 0 saturated heterocycles. The highest BCUT2D eigenvalue weighted by molar-refractivity contribution is 6.11. The minimum atomic E-state index is 0.905. The van der Waals surface area contributed by atoms with Gasteiger partial charge in [0.2, 0.25) is 0 Å². The van der Waals surface area contributed by atoms with Gasteiger partial charge in [0.05, 0.1) is 0 Å². The molecule has 1 N–H and O–H groups in total. The Hall–Kier alpha value is -4.30. The fourth-order valence-electron chi connectivity index (χ4n) is 4.31. The van der Waals surface area contributed by atoms with E-state index in [-0.39, 0.29) is 0 Å². The molecule has 0 bridgehead atoms. The first-order valence-corrected chi connectivity index (χ1v) is 10.8. The summed E-state index contributed by atoms with van der Waals surface area (Å²) in [7, 11) is 0. The average Bonchev–Trinajstić information content (AvgIpc) is 3.23. The molecule has 0 spiro atoms. The number of fused-ring (bicyclic) bond motifs is 3. The van der Waals surface area contributed by atoms with Gasteiger partial charge in [-0.3, -0.25) is 0 Å². The number of hydrogen-bond donors (Lipinski definition) is 1. The molecule has 0 aliphatic rings. The highest BCUT2D eigenvalue weighted by Crippen LogP contribution is 2.39. The average molecular weight is 412 g/mol. The summed E-state index contributed by atoms with van der Waals surface area (Å²) in [4.78, 5) is 0. The van der Waals surface area contributed by atoms with E-state index in [4.69, 9.17) is 4.42 Å². The quantitative estimate of drug-likeness (QED) is 0.314. The molecule has 152 valence electrons. The SMILES string of the molecule is c1ccc(-c2cccc(Nc3cc(-c4ccccc4)c4oc5ccccc5c4c3)c2)cc1. The maximum absolute atomic E-state index is 6.29. The zero-order chi connectivity index (χ0) is 21.3. The van der Waals surface area contributed by atoms with E-state index in [1.807, 2.05) is 24.3 Å². The third-order valence-corrected chi connectivity index (χ3v) is 5.82. The molecule has 32 heavy (non-hydrogen) atoms. The van der Waals surface area contributed by atoms with Crippen LogP contribution in [-0.4, -0.2) is 0 Å². The Labute approximate surface area is 186 Å². The lowest BCUT2D eigenvalue weighted by atomic mass is 10.0. The van der Waals surface area contributed by atoms with Gasteiger partial charge >= 0.3 is 0 Å². The van der Waals surface area contributed by atoms with Crippen molar-refractivity contribution < 1.29 is 4.42 Å². The van der Waals surface area contributed by atoms with Crippen molar-refractivity contribution in [3.05, 3.63) is 121 Å². The summed E-state index contributed by atoms with van der Waals surface area (Å²) < 4.78 is 6.29. The van der Waals surface area contributed by atoms with E-state index < -0.39 is 0 Å². The van der Waals surface area contributed by atoms with E-state index >= 15 is 0 Å². The van der Waals surface area contributed by atoms with Gasteiger partial charge in [0.15, 0.2) is 0 Å². The van der Waals surface area contributed by atoms with E-state index in [2.05, 4.69) is 102 Å². The number of para-hydroxylation sites is 1. The van der Waals surface area contributed by atoms with Crippen molar-refractivity contribution >= 4 is 33.3 Å². The molecule has 0 atom stereocenters. The van der Waals surface area contributed by atoms with Crippen molar-refractivity contribution in [3.63, 3.8) is 0 Å². The summed E-state index contributed by atoms with van der Waals surface area (Å²) in [6, 6.07) is 42.0. The Balaban J connectivity index is 1.49. The second-order valence-corrected chi connectivity index (χ2v) is 7.94. The van der Waals surface area contributed by atoms with Crippen LogP contribution in [0.4, 0.5) is 11.4 Å². The summed E-state index contributed by atoms with van der Waals surface area (Å²) >= 11 is 0. The predicted octanol–water partition coefficient (Wildman–Crippen LogP) is 8.66. The standard InChI is InChI=1S/C30H21NO/c1-3-10-21(11-4-1)23-14-9-15-24(18-23)31-25-19-27(22-12-5-2-6-13-22)30-28(20-25)26-16-7-8-17-29(26)32-30/h1-20,31H. The van der Waals surface area contributed by atoms with Crippen molar-refractivity contribution in [2.75, 3.05) is 5.32 Å². The van der Waals surface area contributed by atoms with Crippen molar-refractivity contribution in [2.45, 2.75) is 0 Å². The lowest BCUT2D eigenvalue weighted by Gasteiger charge is -2.11. The number of furan rings is 1. The predicted molar refractivity (Wildman–Crippen MR) is 134 cm³/mol. The molecule has 0 saturated carbocycles. The maximum Gasteiger partial charge on any atom is 0.143 e. The van der Waals surface area contributed by atoms with E-state index in [0.717, 1.165) is 44.4 Å². The zero-order valence-corrected chi connectivity index (χ0v) is 17.5. The lowest BCUT2D eigenvalue weighted by Crippen LogP contribution is -1.92. The van der Waals surface area contributed by atoms with Gasteiger partial charge in [-0.05, 0) is 47.0 Å². The third-order valence-electron chi connectivity index (χ3n) is 5.82. The van der Waals surface area contributed by atoms with Crippen LogP contribution in [0.1, 0.15) is 0 Å². The monoisotopic (exact) mass is 411 g/mol. The number of nitrogens with one attached hydrogen (secondary N) is 1. The Morgan fingerprint density at radius 1 is 0.469 bits per heavy atom. The molecule has 0 aliphatic carbocycles. The van der Waals surface area contributed by atoms with Crippen LogP contribution in [0.5, 0.6) is 0 Å². The molecule has 6 aromatic rings. The summed E-state index contributed by atoms with van der Waals surface area (Å²) in [5.41, 5.74) is 8.53. The largest absolute Gasteiger partial charge is 0.455 e. The van der Waals surface area contributed by atoms with E-state index in [9.17, 15) is 0 Å². The topological polar surface area (TPSA) is 25.2 Å². The van der Waals surface area contributed by atoms with Gasteiger partial charge in [-0.25, -0.2) is 0 Å². The van der Waals surface area contributed by atoms with Gasteiger partial charge in [0.1, 0.15) is 11.2 Å². The first-order valence-electron chi connectivity index (χ1n) is 10.8. The number of rotatable bonds is 4. The van der Waals surface area contributed by atoms with E-state index in [0.29, 0.717) is 0 Å². The molecule has 0 fully saturated rings. The smallest absolute Gasteiger partial charge is 0.143 e. The van der Waals surface area contributed by atoms with Crippen LogP contribution in [-0.2, 0) is 0 Å². The summed E-state index contributed by atoms with van der Waals surface area (Å²) in [6.45, 7) is 0. The van der Waals surface area contributed by atoms with Gasteiger partial charge in [-0.2, -0.15) is 0 Å². The van der Waals surface area contributed by atoms with Crippen LogP contribution in [0.15, 0.2) is 126 Å². The van der Waals surface area contributed by atoms with Crippen molar-refractivity contribution in [3.8, 4) is 22.3 Å². The normalized spacial score (nSPS) is 11.1. The first-order chi connectivity index (χ1) is 15.8. The molecule has 1 aromatic heterocycles. The Bertz CT molecular complexity index is 1530. The Morgan fingerprint density at radius 3 is 1.97 bits per heavy atom. The van der Waals surface area contributed by atoms with Gasteiger partial charge in [0.25, 0.3) is 0 Å². The molecule has 6 rings (SSSR count). The molecule has 2 heteroatoms. The fraction of sp³-hybridized carbons (Fsp3) is 0. The molecule has 1 heterocycles. The van der Waals surface area contributed by atoms with Gasteiger partial charge in [0, 0.05) is 27.7 Å². The second kappa shape index (κ2) is 7.75.